The summed E-state index contributed by atoms with van der Waals surface area (Å²) in [6, 6.07) is 2.18. The van der Waals surface area contributed by atoms with Crippen LogP contribution in [-0.2, 0) is 0 Å². The molecule has 0 amide bonds. The molecule has 0 aliphatic rings. The fraction of sp³-hybridized carbons (Fsp3) is 0.375. The van der Waals surface area contributed by atoms with Crippen molar-refractivity contribution in [1.29, 1.82) is 0 Å². The van der Waals surface area contributed by atoms with Crippen LogP contribution in [0.2, 0.25) is 0 Å². The minimum atomic E-state index is 1.09. The third-order valence-electron chi connectivity index (χ3n) is 3.14. The molecular weight excluding hydrogens is 206 g/mol. The first-order chi connectivity index (χ1) is 7.82. The van der Waals surface area contributed by atoms with E-state index in [1.54, 1.807) is 0 Å². The summed E-state index contributed by atoms with van der Waals surface area (Å²) in [7, 11) is 0. The Morgan fingerprint density at radius 3 is 2.18 bits per heavy atom. The van der Waals surface area contributed by atoms with Crippen LogP contribution in [0.5, 0.6) is 0 Å². The monoisotopic (exact) mass is 229 g/mol. The largest absolute Gasteiger partial charge is 0.359 e. The van der Waals surface area contributed by atoms with E-state index >= 15 is 0 Å². The van der Waals surface area contributed by atoms with Gasteiger partial charge < -0.3 is 4.98 Å². The van der Waals surface area contributed by atoms with E-state index in [0.717, 1.165) is 5.57 Å². The lowest BCUT2D eigenvalue weighted by atomic mass is 9.99. The van der Waals surface area contributed by atoms with Crippen LogP contribution >= 0.6 is 0 Å². The molecule has 1 aromatic heterocycles. The lowest BCUT2D eigenvalue weighted by molar-refractivity contribution is 1.21. The Bertz CT molecular complexity index is 496. The van der Waals surface area contributed by atoms with Gasteiger partial charge >= 0.3 is 0 Å². The second-order valence-electron chi connectivity index (χ2n) is 4.93. The Hall–Kier alpha value is -1.50. The number of hydrogen-bond donors (Lipinski definition) is 1. The van der Waals surface area contributed by atoms with Crippen molar-refractivity contribution < 1.29 is 0 Å². The van der Waals surface area contributed by atoms with Crippen molar-refractivity contribution in [2.24, 2.45) is 0 Å². The van der Waals surface area contributed by atoms with Crippen molar-refractivity contribution in [2.75, 3.05) is 0 Å². The molecule has 1 N–H and O–H groups in total. The summed E-state index contributed by atoms with van der Waals surface area (Å²) in [4.78, 5) is 3.43. The van der Waals surface area contributed by atoms with Crippen molar-refractivity contribution >= 4 is 5.57 Å². The van der Waals surface area contributed by atoms with E-state index in [2.05, 4.69) is 58.3 Å². The number of nitrogens with one attached hydrogen (secondary N) is 1. The maximum absolute atomic E-state index is 3.92. The second-order valence-corrected chi connectivity index (χ2v) is 4.93. The molecule has 1 aromatic rings. The Kier molecular flexibility index (Phi) is 4.17. The maximum Gasteiger partial charge on any atom is 0.0444 e. The molecule has 1 rings (SSSR count). The summed E-state index contributed by atoms with van der Waals surface area (Å²) in [5, 5.41) is 0. The Balaban J connectivity index is 3.22. The molecule has 92 valence electrons. The first-order valence-corrected chi connectivity index (χ1v) is 6.01. The van der Waals surface area contributed by atoms with Crippen LogP contribution in [0.4, 0.5) is 0 Å². The predicted octanol–water partition coefficient (Wildman–Crippen LogP) is 4.95. The molecule has 0 saturated carbocycles. The zero-order chi connectivity index (χ0) is 13.2. The van der Waals surface area contributed by atoms with E-state index in [4.69, 9.17) is 0 Å². The van der Waals surface area contributed by atoms with E-state index in [1.807, 2.05) is 6.92 Å². The average Bonchev–Trinajstić information content (AvgIpc) is 2.54. The van der Waals surface area contributed by atoms with Crippen LogP contribution in [0, 0.1) is 13.8 Å². The number of aromatic amines is 1. The van der Waals surface area contributed by atoms with Crippen molar-refractivity contribution in [3.05, 3.63) is 52.4 Å². The van der Waals surface area contributed by atoms with Gasteiger partial charge in [0.25, 0.3) is 0 Å². The minimum Gasteiger partial charge on any atom is -0.359 e. The number of hydrogen-bond acceptors (Lipinski definition) is 0. The number of aromatic nitrogens is 1. The van der Waals surface area contributed by atoms with E-state index in [0.29, 0.717) is 0 Å². The van der Waals surface area contributed by atoms with Crippen LogP contribution in [0.15, 0.2) is 35.4 Å². The molecule has 0 spiro atoms. The summed E-state index contributed by atoms with van der Waals surface area (Å²) >= 11 is 0. The van der Waals surface area contributed by atoms with E-state index in [-0.39, 0.29) is 0 Å². The highest BCUT2D eigenvalue weighted by Crippen LogP contribution is 2.25. The van der Waals surface area contributed by atoms with Gasteiger partial charge in [-0.2, -0.15) is 0 Å². The molecule has 0 saturated heterocycles. The summed E-state index contributed by atoms with van der Waals surface area (Å²) in [6.07, 6.45) is 2.13. The van der Waals surface area contributed by atoms with Crippen molar-refractivity contribution in [3.63, 3.8) is 0 Å². The smallest absolute Gasteiger partial charge is 0.0444 e. The highest BCUT2D eigenvalue weighted by atomic mass is 14.7. The van der Waals surface area contributed by atoms with Gasteiger partial charge in [0.2, 0.25) is 0 Å². The molecule has 0 aliphatic carbocycles. The van der Waals surface area contributed by atoms with Crippen LogP contribution in [0.25, 0.3) is 5.57 Å². The first-order valence-electron chi connectivity index (χ1n) is 6.01. The number of aryl methyl sites for hydroxylation is 2. The summed E-state index contributed by atoms with van der Waals surface area (Å²) < 4.78 is 0. The standard InChI is InChI=1S/C16H23N/c1-10(2)8-11(3)14(6)15(7)16-12(4)9-13(5)17-16/h8-9,17H,1H2,2-7H3/b11-8-,15-14+. The topological polar surface area (TPSA) is 15.8 Å². The van der Waals surface area contributed by atoms with Crippen LogP contribution in [-0.4, -0.2) is 4.98 Å². The van der Waals surface area contributed by atoms with Crippen LogP contribution in [0.1, 0.15) is 44.6 Å². The summed E-state index contributed by atoms with van der Waals surface area (Å²) in [5.41, 5.74) is 8.77. The molecule has 1 heteroatoms. The highest BCUT2D eigenvalue weighted by molar-refractivity contribution is 5.70. The fourth-order valence-electron chi connectivity index (χ4n) is 2.08. The normalized spacial score (nSPS) is 13.6. The predicted molar refractivity (Wildman–Crippen MR) is 77.1 cm³/mol. The van der Waals surface area contributed by atoms with Gasteiger partial charge in [0.15, 0.2) is 0 Å². The zero-order valence-corrected chi connectivity index (χ0v) is 11.9. The van der Waals surface area contributed by atoms with Crippen molar-refractivity contribution in [2.45, 2.75) is 41.5 Å². The first kappa shape index (κ1) is 13.6. The zero-order valence-electron chi connectivity index (χ0n) is 11.9. The van der Waals surface area contributed by atoms with Gasteiger partial charge in [-0.25, -0.2) is 0 Å². The molecule has 0 atom stereocenters. The molecule has 1 nitrogen and oxygen atoms in total. The molecule has 0 bridgehead atoms. The maximum atomic E-state index is 3.92. The Morgan fingerprint density at radius 2 is 1.76 bits per heavy atom. The summed E-state index contributed by atoms with van der Waals surface area (Å²) in [5.74, 6) is 0. The van der Waals surface area contributed by atoms with Gasteiger partial charge in [0.1, 0.15) is 0 Å². The number of allylic oxidation sites excluding steroid dienone is 5. The third kappa shape index (κ3) is 3.23. The molecule has 17 heavy (non-hydrogen) atoms. The number of H-pyrrole nitrogens is 1. The van der Waals surface area contributed by atoms with E-state index < -0.39 is 0 Å². The van der Waals surface area contributed by atoms with Gasteiger partial charge in [-0.05, 0) is 69.9 Å². The van der Waals surface area contributed by atoms with E-state index in [9.17, 15) is 0 Å². The lowest BCUT2D eigenvalue weighted by Crippen LogP contribution is -1.90. The van der Waals surface area contributed by atoms with Crippen molar-refractivity contribution in [3.8, 4) is 0 Å². The SMILES string of the molecule is C=C(C)/C=C(C)\C(C)=C(/C)c1[nH]c(C)cc1C. The second kappa shape index (κ2) is 5.22. The molecule has 1 heterocycles. The minimum absolute atomic E-state index is 1.09. The van der Waals surface area contributed by atoms with Crippen LogP contribution < -0.4 is 0 Å². The number of rotatable bonds is 3. The van der Waals surface area contributed by atoms with Gasteiger partial charge in [-0.1, -0.05) is 18.2 Å². The van der Waals surface area contributed by atoms with Crippen molar-refractivity contribution in [1.82, 2.24) is 4.98 Å². The molecule has 0 aliphatic heterocycles. The highest BCUT2D eigenvalue weighted by Gasteiger charge is 2.07. The molecule has 0 aromatic carbocycles. The third-order valence-corrected chi connectivity index (χ3v) is 3.14. The van der Waals surface area contributed by atoms with E-state index in [1.165, 1.54) is 33.7 Å². The fourth-order valence-corrected chi connectivity index (χ4v) is 2.08. The lowest BCUT2D eigenvalue weighted by Gasteiger charge is -2.09. The van der Waals surface area contributed by atoms with Gasteiger partial charge in [0, 0.05) is 11.4 Å². The molecule has 0 unspecified atom stereocenters. The molecular formula is C16H23N. The average molecular weight is 229 g/mol. The summed E-state index contributed by atoms with van der Waals surface area (Å²) in [6.45, 7) is 16.7. The van der Waals surface area contributed by atoms with Gasteiger partial charge in [-0.15, -0.1) is 0 Å². The molecule has 0 fully saturated rings. The quantitative estimate of drug-likeness (QED) is 0.706. The van der Waals surface area contributed by atoms with Gasteiger partial charge in [0.05, 0.1) is 0 Å². The van der Waals surface area contributed by atoms with Gasteiger partial charge in [-0.3, -0.25) is 0 Å². The molecule has 0 radical (unpaired) electrons. The van der Waals surface area contributed by atoms with Crippen LogP contribution in [0.3, 0.4) is 0 Å². The Morgan fingerprint density at radius 1 is 1.18 bits per heavy atom. The Labute approximate surface area is 105 Å².